The number of hydrogen-bond acceptors (Lipinski definition) is 3. The average molecular weight is 332 g/mol. The fourth-order valence-corrected chi connectivity index (χ4v) is 2.02. The molecule has 0 aliphatic heterocycles. The molecule has 1 aromatic rings. The maximum Gasteiger partial charge on any atom is 0.418 e. The van der Waals surface area contributed by atoms with E-state index in [2.05, 4.69) is 10.6 Å². The Kier molecular flexibility index (Phi) is 6.56. The van der Waals surface area contributed by atoms with E-state index < -0.39 is 35.7 Å². The lowest BCUT2D eigenvalue weighted by atomic mass is 10.1. The number of nitrogens with one attached hydrogen (secondary N) is 2. The minimum atomic E-state index is -4.59. The highest BCUT2D eigenvalue weighted by Crippen LogP contribution is 2.34. The van der Waals surface area contributed by atoms with Crippen LogP contribution >= 0.6 is 0 Å². The van der Waals surface area contributed by atoms with Crippen molar-refractivity contribution in [3.63, 3.8) is 0 Å². The minimum absolute atomic E-state index is 0.312. The molecule has 0 aliphatic carbocycles. The first-order chi connectivity index (χ1) is 10.7. The summed E-state index contributed by atoms with van der Waals surface area (Å²) in [5.41, 5.74) is -1.31. The number of carboxylic acid groups (broad SMARTS) is 1. The monoisotopic (exact) mass is 332 g/mol. The number of carbonyl (C=O) groups is 2. The van der Waals surface area contributed by atoms with Crippen molar-refractivity contribution in [1.82, 2.24) is 5.32 Å². The van der Waals surface area contributed by atoms with E-state index in [4.69, 9.17) is 5.11 Å². The van der Waals surface area contributed by atoms with Crippen molar-refractivity contribution in [2.24, 2.45) is 0 Å². The lowest BCUT2D eigenvalue weighted by Gasteiger charge is -2.20. The predicted molar refractivity (Wildman–Crippen MR) is 79.0 cm³/mol. The third kappa shape index (κ3) is 5.55. The van der Waals surface area contributed by atoms with Gasteiger partial charge in [0.05, 0.1) is 17.3 Å². The van der Waals surface area contributed by atoms with Crippen LogP contribution in [0.1, 0.15) is 32.3 Å². The first kappa shape index (κ1) is 19.0. The molecular weight excluding hydrogens is 313 g/mol. The third-order valence-electron chi connectivity index (χ3n) is 3.21. The van der Waals surface area contributed by atoms with E-state index >= 15 is 0 Å². The third-order valence-corrected chi connectivity index (χ3v) is 3.21. The number of benzene rings is 1. The second kappa shape index (κ2) is 7.96. The van der Waals surface area contributed by atoms with Gasteiger partial charge in [-0.1, -0.05) is 25.5 Å². The lowest BCUT2D eigenvalue weighted by molar-refractivity contribution is -0.140. The number of aliphatic carboxylic acids is 1. The Hall–Kier alpha value is -2.09. The molecule has 1 aromatic carbocycles. The van der Waals surface area contributed by atoms with E-state index in [0.717, 1.165) is 12.1 Å². The van der Waals surface area contributed by atoms with E-state index in [-0.39, 0.29) is 5.69 Å². The quantitative estimate of drug-likeness (QED) is 0.717. The maximum absolute atomic E-state index is 12.9. The van der Waals surface area contributed by atoms with Gasteiger partial charge in [0.2, 0.25) is 5.91 Å². The highest BCUT2D eigenvalue weighted by molar-refractivity contribution is 5.95. The highest BCUT2D eigenvalue weighted by atomic mass is 19.4. The van der Waals surface area contributed by atoms with E-state index in [1.54, 1.807) is 6.92 Å². The van der Waals surface area contributed by atoms with Crippen LogP contribution in [-0.4, -0.2) is 29.1 Å². The number of anilines is 1. The summed E-state index contributed by atoms with van der Waals surface area (Å²) in [6.07, 6.45) is -3.69. The summed E-state index contributed by atoms with van der Waals surface area (Å²) >= 11 is 0. The molecule has 0 fully saturated rings. The van der Waals surface area contributed by atoms with Crippen LogP contribution in [-0.2, 0) is 15.8 Å². The number of rotatable bonds is 7. The molecule has 1 rings (SSSR count). The molecule has 2 atom stereocenters. The normalized spacial score (nSPS) is 14.1. The van der Waals surface area contributed by atoms with Crippen molar-refractivity contribution in [1.29, 1.82) is 0 Å². The summed E-state index contributed by atoms with van der Waals surface area (Å²) in [6.45, 7) is 3.19. The molecule has 23 heavy (non-hydrogen) atoms. The van der Waals surface area contributed by atoms with Crippen molar-refractivity contribution in [2.75, 3.05) is 5.32 Å². The molecule has 0 aliphatic rings. The zero-order valence-electron chi connectivity index (χ0n) is 12.8. The molecular formula is C15H19F3N2O3. The van der Waals surface area contributed by atoms with Gasteiger partial charge < -0.3 is 10.4 Å². The fraction of sp³-hybridized carbons (Fsp3) is 0.467. The second-order valence-electron chi connectivity index (χ2n) is 5.10. The van der Waals surface area contributed by atoms with Gasteiger partial charge in [0.1, 0.15) is 6.04 Å². The minimum Gasteiger partial charge on any atom is -0.480 e. The molecule has 0 heterocycles. The Bertz CT molecular complexity index is 561. The Balaban J connectivity index is 2.82. The van der Waals surface area contributed by atoms with Crippen LogP contribution in [0.3, 0.4) is 0 Å². The van der Waals surface area contributed by atoms with Crippen LogP contribution in [0.4, 0.5) is 18.9 Å². The van der Waals surface area contributed by atoms with Crippen LogP contribution in [0.15, 0.2) is 24.3 Å². The largest absolute Gasteiger partial charge is 0.480 e. The summed E-state index contributed by atoms with van der Waals surface area (Å²) in [5.74, 6) is -1.84. The average Bonchev–Trinajstić information content (AvgIpc) is 2.45. The van der Waals surface area contributed by atoms with Crippen LogP contribution in [0.25, 0.3) is 0 Å². The summed E-state index contributed by atoms with van der Waals surface area (Å²) in [6, 6.07) is 2.73. The molecule has 5 nitrogen and oxygen atoms in total. The summed E-state index contributed by atoms with van der Waals surface area (Å²) < 4.78 is 38.6. The molecule has 1 amide bonds. The van der Waals surface area contributed by atoms with Gasteiger partial charge in [-0.2, -0.15) is 13.2 Å². The molecule has 0 bridgehead atoms. The molecule has 0 radical (unpaired) electrons. The van der Waals surface area contributed by atoms with Gasteiger partial charge in [-0.25, -0.2) is 0 Å². The number of carbonyl (C=O) groups excluding carboxylic acids is 1. The Labute approximate surface area is 131 Å². The first-order valence-electron chi connectivity index (χ1n) is 7.12. The number of amides is 1. The van der Waals surface area contributed by atoms with Gasteiger partial charge in [-0.3, -0.25) is 14.9 Å². The predicted octanol–water partition coefficient (Wildman–Crippen LogP) is 2.88. The second-order valence-corrected chi connectivity index (χ2v) is 5.10. The molecule has 0 aromatic heterocycles. The molecule has 3 N–H and O–H groups in total. The van der Waals surface area contributed by atoms with E-state index in [0.29, 0.717) is 12.8 Å². The van der Waals surface area contributed by atoms with Crippen molar-refractivity contribution in [3.8, 4) is 0 Å². The van der Waals surface area contributed by atoms with Gasteiger partial charge in [0.25, 0.3) is 0 Å². The SMILES string of the molecule is CCCC(NC(C)C(=O)Nc1ccccc1C(F)(F)F)C(=O)O. The van der Waals surface area contributed by atoms with Crippen LogP contribution in [0, 0.1) is 0 Å². The number of carboxylic acids is 1. The maximum atomic E-state index is 12.9. The zero-order chi connectivity index (χ0) is 17.6. The Morgan fingerprint density at radius 2 is 1.87 bits per heavy atom. The van der Waals surface area contributed by atoms with E-state index in [9.17, 15) is 22.8 Å². The fourth-order valence-electron chi connectivity index (χ4n) is 2.02. The lowest BCUT2D eigenvalue weighted by Crippen LogP contribution is -2.47. The molecule has 0 saturated carbocycles. The van der Waals surface area contributed by atoms with Crippen molar-refractivity contribution < 1.29 is 27.9 Å². The Morgan fingerprint density at radius 3 is 2.39 bits per heavy atom. The van der Waals surface area contributed by atoms with Gasteiger partial charge >= 0.3 is 12.1 Å². The van der Waals surface area contributed by atoms with Gasteiger partial charge in [0.15, 0.2) is 0 Å². The van der Waals surface area contributed by atoms with Crippen molar-refractivity contribution in [3.05, 3.63) is 29.8 Å². The first-order valence-corrected chi connectivity index (χ1v) is 7.12. The number of hydrogen-bond donors (Lipinski definition) is 3. The van der Waals surface area contributed by atoms with E-state index in [1.807, 2.05) is 0 Å². The summed E-state index contributed by atoms with van der Waals surface area (Å²) in [4.78, 5) is 23.1. The number of alkyl halides is 3. The highest BCUT2D eigenvalue weighted by Gasteiger charge is 2.34. The molecule has 2 unspecified atom stereocenters. The Morgan fingerprint density at radius 1 is 1.26 bits per heavy atom. The van der Waals surface area contributed by atoms with Crippen molar-refractivity contribution in [2.45, 2.75) is 44.9 Å². The van der Waals surface area contributed by atoms with Gasteiger partial charge in [0, 0.05) is 0 Å². The zero-order valence-corrected chi connectivity index (χ0v) is 12.8. The molecule has 0 spiro atoms. The molecule has 8 heteroatoms. The molecule has 0 saturated heterocycles. The number of halogens is 3. The smallest absolute Gasteiger partial charge is 0.418 e. The van der Waals surface area contributed by atoms with Gasteiger partial charge in [-0.05, 0) is 25.5 Å². The summed E-state index contributed by atoms with van der Waals surface area (Å²) in [5, 5.41) is 13.8. The number of para-hydroxylation sites is 1. The topological polar surface area (TPSA) is 78.4 Å². The van der Waals surface area contributed by atoms with Crippen LogP contribution < -0.4 is 10.6 Å². The van der Waals surface area contributed by atoms with Crippen LogP contribution in [0.2, 0.25) is 0 Å². The molecule has 128 valence electrons. The van der Waals surface area contributed by atoms with Crippen molar-refractivity contribution >= 4 is 17.6 Å². The summed E-state index contributed by atoms with van der Waals surface area (Å²) in [7, 11) is 0. The van der Waals surface area contributed by atoms with E-state index in [1.165, 1.54) is 19.1 Å². The van der Waals surface area contributed by atoms with Gasteiger partial charge in [-0.15, -0.1) is 0 Å². The van der Waals surface area contributed by atoms with Crippen LogP contribution in [0.5, 0.6) is 0 Å². The standard InChI is InChI=1S/C15H19F3N2O3/c1-3-6-12(14(22)23)19-9(2)13(21)20-11-8-5-4-7-10(11)15(16,17)18/h4-5,7-9,12,19H,3,6H2,1-2H3,(H,20,21)(H,22,23).